The molecule has 0 bridgehead atoms. The second-order valence-electron chi connectivity index (χ2n) is 7.41. The third-order valence-electron chi connectivity index (χ3n) is 5.26. The summed E-state index contributed by atoms with van der Waals surface area (Å²) in [5.41, 5.74) is 4.40. The van der Waals surface area contributed by atoms with E-state index in [4.69, 9.17) is 11.6 Å². The number of carbonyl (C=O) groups is 1. The van der Waals surface area contributed by atoms with Crippen LogP contribution in [-0.2, 0) is 6.54 Å². The quantitative estimate of drug-likeness (QED) is 0.408. The summed E-state index contributed by atoms with van der Waals surface area (Å²) < 4.78 is 14.6. The maximum Gasteiger partial charge on any atom is 0.335 e. The minimum Gasteiger partial charge on any atom is -0.478 e. The molecule has 0 unspecified atom stereocenters. The van der Waals surface area contributed by atoms with Gasteiger partial charge in [0.15, 0.2) is 0 Å². The lowest BCUT2D eigenvalue weighted by Gasteiger charge is -2.13. The van der Waals surface area contributed by atoms with Crippen LogP contribution < -0.4 is 5.32 Å². The number of aliphatic imine (C=N–C) groups is 1. The molecule has 2 heterocycles. The maximum absolute atomic E-state index is 14.6. The number of fused-ring (bicyclic) bond motifs is 3. The first kappa shape index (κ1) is 20.8. The number of hydrogen-bond acceptors (Lipinski definition) is 5. The van der Waals surface area contributed by atoms with E-state index in [2.05, 4.69) is 20.3 Å². The molecule has 1 aromatic heterocycles. The largest absolute Gasteiger partial charge is 0.478 e. The van der Waals surface area contributed by atoms with E-state index in [1.54, 1.807) is 48.7 Å². The molecule has 0 amide bonds. The molecule has 0 spiro atoms. The Morgan fingerprint density at radius 1 is 1.00 bits per heavy atom. The molecule has 3 aromatic carbocycles. The lowest BCUT2D eigenvalue weighted by atomic mass is 9.95. The molecule has 5 rings (SSSR count). The Bertz CT molecular complexity index is 1440. The van der Waals surface area contributed by atoms with E-state index >= 15 is 0 Å². The van der Waals surface area contributed by atoms with Crippen LogP contribution in [0.2, 0.25) is 5.02 Å². The average molecular weight is 459 g/mol. The second-order valence-corrected chi connectivity index (χ2v) is 7.85. The summed E-state index contributed by atoms with van der Waals surface area (Å²) in [5, 5.41) is 12.8. The molecule has 2 N–H and O–H groups in total. The van der Waals surface area contributed by atoms with E-state index < -0.39 is 5.97 Å². The normalized spacial score (nSPS) is 12.2. The Kier molecular flexibility index (Phi) is 5.32. The number of carboxylic acid groups (broad SMARTS) is 1. The van der Waals surface area contributed by atoms with Gasteiger partial charge in [0, 0.05) is 39.2 Å². The molecule has 0 aliphatic carbocycles. The first-order valence-electron chi connectivity index (χ1n) is 10.1. The van der Waals surface area contributed by atoms with Gasteiger partial charge >= 0.3 is 5.97 Å². The zero-order valence-electron chi connectivity index (χ0n) is 17.1. The van der Waals surface area contributed by atoms with Gasteiger partial charge in [-0.1, -0.05) is 35.9 Å². The number of nitrogens with one attached hydrogen (secondary N) is 1. The van der Waals surface area contributed by atoms with Gasteiger partial charge in [0.25, 0.3) is 0 Å². The third kappa shape index (κ3) is 4.06. The van der Waals surface area contributed by atoms with Crippen LogP contribution in [0.3, 0.4) is 0 Å². The summed E-state index contributed by atoms with van der Waals surface area (Å²) >= 11 is 6.29. The lowest BCUT2D eigenvalue weighted by Crippen LogP contribution is -2.07. The van der Waals surface area contributed by atoms with E-state index in [0.29, 0.717) is 39.2 Å². The van der Waals surface area contributed by atoms with Crippen LogP contribution in [0, 0.1) is 5.82 Å². The summed E-state index contributed by atoms with van der Waals surface area (Å²) in [4.78, 5) is 25.0. The summed E-state index contributed by atoms with van der Waals surface area (Å²) in [5.74, 6) is -1.10. The number of aromatic nitrogens is 2. The van der Waals surface area contributed by atoms with Gasteiger partial charge in [-0.15, -0.1) is 0 Å². The highest BCUT2D eigenvalue weighted by molar-refractivity contribution is 6.31. The molecule has 0 saturated carbocycles. The summed E-state index contributed by atoms with van der Waals surface area (Å²) in [7, 11) is 0. The standard InChI is InChI=1S/C25H16ClFN4O2/c26-16-8-9-18-20(11-16)23(19-6-1-2-7-21(19)27)28-12-15-13-29-25(31-22(15)18)30-17-5-3-4-14(10-17)24(32)33/h1-11,13H,12H2,(H,32,33)(H,29,30,31). The fraction of sp³-hybridized carbons (Fsp3) is 0.0400. The number of rotatable bonds is 4. The van der Waals surface area contributed by atoms with Gasteiger partial charge in [0.2, 0.25) is 5.95 Å². The highest BCUT2D eigenvalue weighted by Gasteiger charge is 2.23. The molecule has 0 radical (unpaired) electrons. The van der Waals surface area contributed by atoms with Crippen LogP contribution >= 0.6 is 11.6 Å². The molecule has 0 atom stereocenters. The number of aromatic carboxylic acids is 1. The Hall–Kier alpha value is -4.10. The lowest BCUT2D eigenvalue weighted by molar-refractivity contribution is 0.0697. The van der Waals surface area contributed by atoms with Crippen molar-refractivity contribution >= 4 is 34.9 Å². The molecule has 33 heavy (non-hydrogen) atoms. The monoisotopic (exact) mass is 458 g/mol. The molecular weight excluding hydrogens is 443 g/mol. The first-order chi connectivity index (χ1) is 16.0. The summed E-state index contributed by atoms with van der Waals surface area (Å²) in [6.07, 6.45) is 1.66. The zero-order valence-corrected chi connectivity index (χ0v) is 17.8. The van der Waals surface area contributed by atoms with Gasteiger partial charge in [0.05, 0.1) is 23.5 Å². The van der Waals surface area contributed by atoms with Crippen molar-refractivity contribution in [2.75, 3.05) is 5.32 Å². The number of hydrogen-bond donors (Lipinski definition) is 2. The van der Waals surface area contributed by atoms with Crippen LogP contribution in [0.4, 0.5) is 16.0 Å². The van der Waals surface area contributed by atoms with E-state index in [-0.39, 0.29) is 17.9 Å². The van der Waals surface area contributed by atoms with Crippen LogP contribution in [0.15, 0.2) is 77.9 Å². The van der Waals surface area contributed by atoms with Gasteiger partial charge in [-0.2, -0.15) is 0 Å². The van der Waals surface area contributed by atoms with Crippen molar-refractivity contribution in [1.29, 1.82) is 0 Å². The Morgan fingerprint density at radius 2 is 1.85 bits per heavy atom. The predicted molar refractivity (Wildman–Crippen MR) is 125 cm³/mol. The smallest absolute Gasteiger partial charge is 0.335 e. The van der Waals surface area contributed by atoms with E-state index in [0.717, 1.165) is 11.1 Å². The Morgan fingerprint density at radius 3 is 2.67 bits per heavy atom. The average Bonchev–Trinajstić information content (AvgIpc) is 2.96. The molecular formula is C25H16ClFN4O2. The van der Waals surface area contributed by atoms with E-state index in [1.807, 2.05) is 6.07 Å². The van der Waals surface area contributed by atoms with Gasteiger partial charge in [-0.25, -0.2) is 19.2 Å². The molecule has 162 valence electrons. The van der Waals surface area contributed by atoms with Gasteiger partial charge in [-0.3, -0.25) is 4.99 Å². The first-order valence-corrected chi connectivity index (χ1v) is 10.4. The number of halogens is 2. The van der Waals surface area contributed by atoms with Crippen molar-refractivity contribution in [2.45, 2.75) is 6.54 Å². The minimum absolute atomic E-state index is 0.151. The van der Waals surface area contributed by atoms with Crippen molar-refractivity contribution < 1.29 is 14.3 Å². The third-order valence-corrected chi connectivity index (χ3v) is 5.49. The number of anilines is 2. The van der Waals surface area contributed by atoms with Gasteiger partial charge in [-0.05, 0) is 42.5 Å². The maximum atomic E-state index is 14.6. The molecule has 1 aliphatic rings. The Balaban J connectivity index is 1.60. The number of benzene rings is 3. The highest BCUT2D eigenvalue weighted by Crippen LogP contribution is 2.34. The zero-order chi connectivity index (χ0) is 22.9. The molecule has 0 saturated heterocycles. The van der Waals surface area contributed by atoms with Crippen molar-refractivity contribution in [3.8, 4) is 11.3 Å². The summed E-state index contributed by atoms with van der Waals surface area (Å²) in [6.45, 7) is 0.264. The molecule has 4 aromatic rings. The van der Waals surface area contributed by atoms with Crippen LogP contribution in [0.5, 0.6) is 0 Å². The van der Waals surface area contributed by atoms with Crippen molar-refractivity contribution in [3.63, 3.8) is 0 Å². The topological polar surface area (TPSA) is 87.5 Å². The fourth-order valence-corrected chi connectivity index (χ4v) is 3.90. The molecule has 8 heteroatoms. The van der Waals surface area contributed by atoms with Crippen LogP contribution in [0.25, 0.3) is 11.3 Å². The van der Waals surface area contributed by atoms with E-state index in [1.165, 1.54) is 18.2 Å². The second kappa shape index (κ2) is 8.44. The van der Waals surface area contributed by atoms with Gasteiger partial charge in [0.1, 0.15) is 5.82 Å². The Labute approximate surface area is 193 Å². The number of nitrogens with zero attached hydrogens (tertiary/aromatic N) is 3. The molecule has 6 nitrogen and oxygen atoms in total. The predicted octanol–water partition coefficient (Wildman–Crippen LogP) is 5.73. The SMILES string of the molecule is O=C(O)c1cccc(Nc2ncc3c(n2)-c2ccc(Cl)cc2C(c2ccccc2F)=NC3)c1. The molecule has 0 fully saturated rings. The van der Waals surface area contributed by atoms with E-state index in [9.17, 15) is 14.3 Å². The molecule has 1 aliphatic heterocycles. The van der Waals surface area contributed by atoms with Crippen molar-refractivity contribution in [3.05, 3.63) is 106 Å². The van der Waals surface area contributed by atoms with Gasteiger partial charge < -0.3 is 10.4 Å². The van der Waals surface area contributed by atoms with Crippen molar-refractivity contribution in [1.82, 2.24) is 9.97 Å². The van der Waals surface area contributed by atoms with Crippen LogP contribution in [0.1, 0.15) is 27.0 Å². The van der Waals surface area contributed by atoms with Crippen molar-refractivity contribution in [2.24, 2.45) is 4.99 Å². The van der Waals surface area contributed by atoms with Crippen LogP contribution in [-0.4, -0.2) is 26.8 Å². The fourth-order valence-electron chi connectivity index (χ4n) is 3.73. The number of carboxylic acids is 1. The highest BCUT2D eigenvalue weighted by atomic mass is 35.5. The summed E-state index contributed by atoms with van der Waals surface area (Å²) in [6, 6.07) is 18.2. The minimum atomic E-state index is -1.02.